The maximum absolute atomic E-state index is 10.0. The standard InChI is InChI=1S/C22H44N2O.ClH/c1-2-3-4-5-6-7-8-9-10-11-12-13-14-15-16-17-18-22(25)24-20-19-23-21-24;/h21-22,25H,2-20H2,1H3;1H. The lowest BCUT2D eigenvalue weighted by Gasteiger charge is -2.15. The summed E-state index contributed by atoms with van der Waals surface area (Å²) in [5.41, 5.74) is 0. The van der Waals surface area contributed by atoms with Crippen molar-refractivity contribution in [1.29, 1.82) is 0 Å². The second-order valence-corrected chi connectivity index (χ2v) is 7.97. The average molecular weight is 389 g/mol. The number of aliphatic hydroxyl groups is 1. The van der Waals surface area contributed by atoms with Gasteiger partial charge < -0.3 is 17.5 Å². The number of nitrogens with one attached hydrogen (secondary N) is 1. The summed E-state index contributed by atoms with van der Waals surface area (Å²) >= 11 is 0. The van der Waals surface area contributed by atoms with Crippen LogP contribution in [0.1, 0.15) is 116 Å². The lowest BCUT2D eigenvalue weighted by molar-refractivity contribution is -0.848. The Morgan fingerprint density at radius 2 is 1.19 bits per heavy atom. The van der Waals surface area contributed by atoms with Gasteiger partial charge in [0.1, 0.15) is 6.54 Å². The van der Waals surface area contributed by atoms with Crippen LogP contribution in [0, 0.1) is 0 Å². The zero-order chi connectivity index (χ0) is 18.0. The molecule has 0 spiro atoms. The maximum atomic E-state index is 10.0. The molecule has 1 rings (SSSR count). The molecule has 0 saturated carbocycles. The molecule has 0 saturated heterocycles. The van der Waals surface area contributed by atoms with Crippen molar-refractivity contribution in [3.05, 3.63) is 0 Å². The third-order valence-electron chi connectivity index (χ3n) is 5.55. The highest BCUT2D eigenvalue weighted by Crippen LogP contribution is 2.14. The zero-order valence-corrected chi connectivity index (χ0v) is 18.1. The summed E-state index contributed by atoms with van der Waals surface area (Å²) in [6, 6.07) is 0. The van der Waals surface area contributed by atoms with E-state index in [9.17, 15) is 5.11 Å². The van der Waals surface area contributed by atoms with E-state index in [0.29, 0.717) is 0 Å². The number of aliphatic imine (C=N–C) groups is 1. The largest absolute Gasteiger partial charge is 1.00 e. The van der Waals surface area contributed by atoms with E-state index in [0.717, 1.165) is 30.8 Å². The van der Waals surface area contributed by atoms with Crippen LogP contribution in [0.2, 0.25) is 0 Å². The zero-order valence-electron chi connectivity index (χ0n) is 17.4. The molecule has 26 heavy (non-hydrogen) atoms. The van der Waals surface area contributed by atoms with E-state index in [1.54, 1.807) is 0 Å². The van der Waals surface area contributed by atoms with Gasteiger partial charge in [-0.3, -0.25) is 4.90 Å². The minimum absolute atomic E-state index is 0. The van der Waals surface area contributed by atoms with E-state index < -0.39 is 0 Å². The molecule has 0 bridgehead atoms. The Labute approximate surface area is 169 Å². The number of unbranched alkanes of at least 4 members (excludes halogenated alkanes) is 15. The van der Waals surface area contributed by atoms with Crippen molar-refractivity contribution in [1.82, 2.24) is 0 Å². The second-order valence-electron chi connectivity index (χ2n) is 7.97. The van der Waals surface area contributed by atoms with Crippen molar-refractivity contribution in [3.8, 4) is 0 Å². The van der Waals surface area contributed by atoms with Crippen molar-refractivity contribution in [3.63, 3.8) is 0 Å². The minimum Gasteiger partial charge on any atom is -1.00 e. The van der Waals surface area contributed by atoms with E-state index in [1.165, 1.54) is 96.3 Å². The van der Waals surface area contributed by atoms with E-state index in [-0.39, 0.29) is 18.6 Å². The topological polar surface area (TPSA) is 37.0 Å². The fourth-order valence-electron chi connectivity index (χ4n) is 3.76. The Balaban J connectivity index is 0.00000625. The predicted molar refractivity (Wildman–Crippen MR) is 109 cm³/mol. The first kappa shape index (κ1) is 25.9. The SMILES string of the molecule is CCCCCCCCCCCCCCCCCCC(O)[NH+]1C=NCC1.[Cl-]. The molecule has 0 aromatic heterocycles. The molecular weight excluding hydrogens is 344 g/mol. The first-order chi connectivity index (χ1) is 12.3. The molecule has 0 amide bonds. The molecule has 1 heterocycles. The Morgan fingerprint density at radius 1 is 0.769 bits per heavy atom. The number of nitrogens with zero attached hydrogens (tertiary/aromatic N) is 1. The molecule has 0 aliphatic carbocycles. The van der Waals surface area contributed by atoms with Crippen molar-refractivity contribution >= 4 is 6.34 Å². The molecule has 3 nitrogen and oxygen atoms in total. The van der Waals surface area contributed by atoms with Gasteiger partial charge in [-0.2, -0.15) is 0 Å². The highest BCUT2D eigenvalue weighted by atomic mass is 35.5. The average Bonchev–Trinajstić information content (AvgIpc) is 3.16. The van der Waals surface area contributed by atoms with Crippen LogP contribution in [0.4, 0.5) is 0 Å². The van der Waals surface area contributed by atoms with Crippen molar-refractivity contribution in [2.45, 2.75) is 122 Å². The van der Waals surface area contributed by atoms with Crippen LogP contribution in [0.5, 0.6) is 0 Å². The molecule has 0 aromatic carbocycles. The van der Waals surface area contributed by atoms with Crippen LogP contribution >= 0.6 is 0 Å². The molecule has 2 atom stereocenters. The molecular formula is C22H45ClN2O. The van der Waals surface area contributed by atoms with Gasteiger partial charge in [-0.15, -0.1) is 0 Å². The number of hydrogen-bond donors (Lipinski definition) is 2. The highest BCUT2D eigenvalue weighted by Gasteiger charge is 2.19. The third-order valence-corrected chi connectivity index (χ3v) is 5.55. The summed E-state index contributed by atoms with van der Waals surface area (Å²) in [5, 5.41) is 10.0. The van der Waals surface area contributed by atoms with Gasteiger partial charge >= 0.3 is 0 Å². The van der Waals surface area contributed by atoms with Gasteiger partial charge in [-0.05, 0) is 6.42 Å². The van der Waals surface area contributed by atoms with Gasteiger partial charge in [-0.25, -0.2) is 4.99 Å². The fraction of sp³-hybridized carbons (Fsp3) is 0.955. The quantitative estimate of drug-likeness (QED) is 0.346. The number of aliphatic hydroxyl groups excluding tert-OH is 1. The van der Waals surface area contributed by atoms with Gasteiger partial charge in [0, 0.05) is 6.42 Å². The molecule has 1 aliphatic rings. The van der Waals surface area contributed by atoms with E-state index in [4.69, 9.17) is 0 Å². The van der Waals surface area contributed by atoms with Crippen LogP contribution in [0.3, 0.4) is 0 Å². The molecule has 0 aromatic rings. The summed E-state index contributed by atoms with van der Waals surface area (Å²) in [6.07, 6.45) is 25.0. The summed E-state index contributed by atoms with van der Waals surface area (Å²) in [5.74, 6) is 0. The molecule has 0 fully saturated rings. The molecule has 156 valence electrons. The molecule has 0 radical (unpaired) electrons. The molecule has 4 heteroatoms. The van der Waals surface area contributed by atoms with Gasteiger partial charge in [0.25, 0.3) is 0 Å². The number of quaternary nitrogens is 1. The normalized spacial score (nSPS) is 17.4. The Hall–Kier alpha value is -0.120. The second kappa shape index (κ2) is 19.6. The third kappa shape index (κ3) is 15.0. The maximum Gasteiger partial charge on any atom is 0.194 e. The minimum atomic E-state index is -0.224. The van der Waals surface area contributed by atoms with Crippen molar-refractivity contribution in [2.75, 3.05) is 13.1 Å². The highest BCUT2D eigenvalue weighted by molar-refractivity contribution is 5.44. The van der Waals surface area contributed by atoms with E-state index in [2.05, 4.69) is 11.9 Å². The fourth-order valence-corrected chi connectivity index (χ4v) is 3.76. The molecule has 1 aliphatic heterocycles. The molecule has 2 unspecified atom stereocenters. The number of halogens is 1. The summed E-state index contributed by atoms with van der Waals surface area (Å²) in [7, 11) is 0. The first-order valence-electron chi connectivity index (χ1n) is 11.4. The first-order valence-corrected chi connectivity index (χ1v) is 11.4. The molecule has 2 N–H and O–H groups in total. The van der Waals surface area contributed by atoms with Gasteiger partial charge in [0.05, 0.1) is 6.54 Å². The summed E-state index contributed by atoms with van der Waals surface area (Å²) < 4.78 is 0. The predicted octanol–water partition coefficient (Wildman–Crippen LogP) is 1.89. The van der Waals surface area contributed by atoms with E-state index >= 15 is 0 Å². The summed E-state index contributed by atoms with van der Waals surface area (Å²) in [6.45, 7) is 4.14. The lowest BCUT2D eigenvalue weighted by Crippen LogP contribution is -3.14. The van der Waals surface area contributed by atoms with Gasteiger partial charge in [0.15, 0.2) is 12.6 Å². The van der Waals surface area contributed by atoms with Gasteiger partial charge in [0.2, 0.25) is 0 Å². The van der Waals surface area contributed by atoms with Gasteiger partial charge in [-0.1, -0.05) is 103 Å². The lowest BCUT2D eigenvalue weighted by atomic mass is 10.0. The summed E-state index contributed by atoms with van der Waals surface area (Å²) in [4.78, 5) is 5.34. The van der Waals surface area contributed by atoms with Crippen LogP contribution in [-0.2, 0) is 0 Å². The van der Waals surface area contributed by atoms with Crippen molar-refractivity contribution in [2.24, 2.45) is 4.99 Å². The van der Waals surface area contributed by atoms with E-state index in [1.807, 2.05) is 6.34 Å². The van der Waals surface area contributed by atoms with Crippen LogP contribution in [0.25, 0.3) is 0 Å². The number of hydrogen-bond acceptors (Lipinski definition) is 2. The Kier molecular flexibility index (Phi) is 19.5. The number of rotatable bonds is 18. The monoisotopic (exact) mass is 388 g/mol. The van der Waals surface area contributed by atoms with Crippen LogP contribution < -0.4 is 17.3 Å². The Bertz CT molecular complexity index is 313. The van der Waals surface area contributed by atoms with Crippen LogP contribution in [-0.4, -0.2) is 30.8 Å². The smallest absolute Gasteiger partial charge is 0.194 e. The van der Waals surface area contributed by atoms with Crippen molar-refractivity contribution < 1.29 is 22.4 Å². The Morgan fingerprint density at radius 3 is 1.58 bits per heavy atom. The van der Waals surface area contributed by atoms with Crippen LogP contribution in [0.15, 0.2) is 4.99 Å².